The standard InChI is InChI=1S/C14H16ClF2N5.HI/c1-18-14(20-8-10-2-4-11(15)5-3-10)21-9-12-19-6-7-22(12)13(16)17;/h2-7,13H,8-9H2,1H3,(H2,18,20,21);1H. The van der Waals surface area contributed by atoms with Crippen molar-refractivity contribution < 1.29 is 8.78 Å². The molecule has 0 spiro atoms. The molecule has 5 nitrogen and oxygen atoms in total. The maximum absolute atomic E-state index is 12.7. The van der Waals surface area contributed by atoms with Gasteiger partial charge in [-0.15, -0.1) is 24.0 Å². The molecule has 0 saturated carbocycles. The third-order valence-electron chi connectivity index (χ3n) is 2.97. The largest absolute Gasteiger partial charge is 0.352 e. The molecule has 0 radical (unpaired) electrons. The summed E-state index contributed by atoms with van der Waals surface area (Å²) < 4.78 is 26.2. The van der Waals surface area contributed by atoms with Crippen molar-refractivity contribution >= 4 is 41.5 Å². The van der Waals surface area contributed by atoms with Crippen LogP contribution in [-0.4, -0.2) is 22.6 Å². The molecule has 1 heterocycles. The molecular formula is C14H17ClF2IN5. The number of aromatic nitrogens is 2. The van der Waals surface area contributed by atoms with Gasteiger partial charge in [-0.3, -0.25) is 9.56 Å². The molecule has 1 aromatic heterocycles. The Morgan fingerprint density at radius 2 is 1.91 bits per heavy atom. The Hall–Kier alpha value is -1.42. The molecule has 0 bridgehead atoms. The molecule has 0 saturated heterocycles. The molecule has 1 aromatic carbocycles. The highest BCUT2D eigenvalue weighted by Gasteiger charge is 2.11. The van der Waals surface area contributed by atoms with E-state index in [0.29, 0.717) is 17.5 Å². The van der Waals surface area contributed by atoms with Gasteiger partial charge < -0.3 is 10.6 Å². The molecule has 0 aliphatic heterocycles. The van der Waals surface area contributed by atoms with Gasteiger partial charge in [0.2, 0.25) is 0 Å². The van der Waals surface area contributed by atoms with Gasteiger partial charge in [-0.25, -0.2) is 4.98 Å². The van der Waals surface area contributed by atoms with E-state index in [2.05, 4.69) is 20.6 Å². The number of hydrogen-bond donors (Lipinski definition) is 2. The van der Waals surface area contributed by atoms with Crippen molar-refractivity contribution in [1.29, 1.82) is 0 Å². The Morgan fingerprint density at radius 3 is 2.52 bits per heavy atom. The fourth-order valence-corrected chi connectivity index (χ4v) is 1.96. The van der Waals surface area contributed by atoms with Crippen LogP contribution in [0.5, 0.6) is 0 Å². The third-order valence-corrected chi connectivity index (χ3v) is 3.22. The molecule has 126 valence electrons. The smallest absolute Gasteiger partial charge is 0.319 e. The molecule has 0 fully saturated rings. The Morgan fingerprint density at radius 1 is 1.26 bits per heavy atom. The Balaban J connectivity index is 0.00000264. The highest BCUT2D eigenvalue weighted by molar-refractivity contribution is 14.0. The molecular weight excluding hydrogens is 439 g/mol. The zero-order valence-electron chi connectivity index (χ0n) is 12.3. The first-order valence-electron chi connectivity index (χ1n) is 6.59. The summed E-state index contributed by atoms with van der Waals surface area (Å²) in [5, 5.41) is 6.70. The van der Waals surface area contributed by atoms with Crippen LogP contribution in [0, 0.1) is 0 Å². The van der Waals surface area contributed by atoms with E-state index in [-0.39, 0.29) is 36.3 Å². The minimum atomic E-state index is -2.61. The van der Waals surface area contributed by atoms with Crippen LogP contribution in [0.15, 0.2) is 41.7 Å². The van der Waals surface area contributed by atoms with Crippen molar-refractivity contribution in [3.05, 3.63) is 53.1 Å². The van der Waals surface area contributed by atoms with E-state index in [1.165, 1.54) is 12.4 Å². The number of aliphatic imine (C=N–C) groups is 1. The minimum Gasteiger partial charge on any atom is -0.352 e. The first-order valence-corrected chi connectivity index (χ1v) is 6.96. The molecule has 23 heavy (non-hydrogen) atoms. The normalized spacial score (nSPS) is 11.3. The monoisotopic (exact) mass is 455 g/mol. The molecule has 0 amide bonds. The fraction of sp³-hybridized carbons (Fsp3) is 0.286. The predicted molar refractivity (Wildman–Crippen MR) is 97.4 cm³/mol. The Bertz CT molecular complexity index is 630. The van der Waals surface area contributed by atoms with Gasteiger partial charge in [-0.05, 0) is 17.7 Å². The van der Waals surface area contributed by atoms with Gasteiger partial charge in [-0.2, -0.15) is 8.78 Å². The number of hydrogen-bond acceptors (Lipinski definition) is 2. The molecule has 2 N–H and O–H groups in total. The highest BCUT2D eigenvalue weighted by atomic mass is 127. The summed E-state index contributed by atoms with van der Waals surface area (Å²) in [4.78, 5) is 7.93. The topological polar surface area (TPSA) is 54.2 Å². The number of nitrogens with one attached hydrogen (secondary N) is 2. The number of rotatable bonds is 5. The maximum Gasteiger partial charge on any atom is 0.319 e. The van der Waals surface area contributed by atoms with Crippen LogP contribution >= 0.6 is 35.6 Å². The van der Waals surface area contributed by atoms with E-state index >= 15 is 0 Å². The third kappa shape index (κ3) is 5.94. The summed E-state index contributed by atoms with van der Waals surface area (Å²) in [7, 11) is 1.61. The van der Waals surface area contributed by atoms with Gasteiger partial charge in [0.25, 0.3) is 0 Å². The lowest BCUT2D eigenvalue weighted by molar-refractivity contribution is 0.0668. The van der Waals surface area contributed by atoms with Gasteiger partial charge >= 0.3 is 6.55 Å². The molecule has 9 heteroatoms. The highest BCUT2D eigenvalue weighted by Crippen LogP contribution is 2.12. The van der Waals surface area contributed by atoms with Crippen molar-refractivity contribution in [2.75, 3.05) is 7.05 Å². The second-order valence-electron chi connectivity index (χ2n) is 4.43. The lowest BCUT2D eigenvalue weighted by Crippen LogP contribution is -2.37. The zero-order valence-corrected chi connectivity index (χ0v) is 15.4. The summed E-state index contributed by atoms with van der Waals surface area (Å²) in [6, 6.07) is 7.39. The van der Waals surface area contributed by atoms with Crippen molar-refractivity contribution in [1.82, 2.24) is 20.2 Å². The van der Waals surface area contributed by atoms with Crippen LogP contribution in [0.1, 0.15) is 17.9 Å². The lowest BCUT2D eigenvalue weighted by Gasteiger charge is -2.12. The molecule has 0 aliphatic rings. The summed E-state index contributed by atoms with van der Waals surface area (Å²) >= 11 is 5.82. The van der Waals surface area contributed by atoms with Gasteiger partial charge in [0.1, 0.15) is 5.82 Å². The van der Waals surface area contributed by atoms with E-state index in [0.717, 1.165) is 10.1 Å². The average molecular weight is 456 g/mol. The number of nitrogens with zero attached hydrogens (tertiary/aromatic N) is 3. The van der Waals surface area contributed by atoms with Crippen molar-refractivity contribution in [3.8, 4) is 0 Å². The Kier molecular flexibility index (Phi) is 8.24. The van der Waals surface area contributed by atoms with Gasteiger partial charge in [0.05, 0.1) is 6.54 Å². The van der Waals surface area contributed by atoms with Crippen LogP contribution in [0.4, 0.5) is 8.78 Å². The van der Waals surface area contributed by atoms with Crippen LogP contribution < -0.4 is 10.6 Å². The van der Waals surface area contributed by atoms with Crippen molar-refractivity contribution in [3.63, 3.8) is 0 Å². The first kappa shape index (κ1) is 19.6. The molecule has 0 aliphatic carbocycles. The van der Waals surface area contributed by atoms with E-state index in [1.807, 2.05) is 12.1 Å². The molecule has 2 rings (SSSR count). The SMILES string of the molecule is CN=C(NCc1ccc(Cl)cc1)NCc1nccn1C(F)F.I. The number of alkyl halides is 2. The van der Waals surface area contributed by atoms with Crippen LogP contribution in [0.25, 0.3) is 0 Å². The maximum atomic E-state index is 12.7. The van der Waals surface area contributed by atoms with Gasteiger partial charge in [0.15, 0.2) is 5.96 Å². The zero-order chi connectivity index (χ0) is 15.9. The number of guanidine groups is 1. The van der Waals surface area contributed by atoms with Crippen LogP contribution in [0.3, 0.4) is 0 Å². The van der Waals surface area contributed by atoms with Crippen molar-refractivity contribution in [2.45, 2.75) is 19.6 Å². The Labute approximate surface area is 155 Å². The van der Waals surface area contributed by atoms with Crippen molar-refractivity contribution in [2.24, 2.45) is 4.99 Å². The van der Waals surface area contributed by atoms with Gasteiger partial charge in [-0.1, -0.05) is 23.7 Å². The first-order chi connectivity index (χ1) is 10.6. The summed E-state index contributed by atoms with van der Waals surface area (Å²) in [5.74, 6) is 0.739. The second-order valence-corrected chi connectivity index (χ2v) is 4.87. The number of imidazole rings is 1. The summed E-state index contributed by atoms with van der Waals surface area (Å²) in [6.45, 7) is -1.92. The predicted octanol–water partition coefficient (Wildman–Crippen LogP) is 3.41. The minimum absolute atomic E-state index is 0. The number of halogens is 4. The van der Waals surface area contributed by atoms with E-state index in [9.17, 15) is 8.78 Å². The molecule has 2 aromatic rings. The van der Waals surface area contributed by atoms with E-state index in [4.69, 9.17) is 11.6 Å². The lowest BCUT2D eigenvalue weighted by atomic mass is 10.2. The van der Waals surface area contributed by atoms with Gasteiger partial charge in [0, 0.05) is 31.0 Å². The average Bonchev–Trinajstić information content (AvgIpc) is 2.98. The van der Waals surface area contributed by atoms with E-state index < -0.39 is 6.55 Å². The van der Waals surface area contributed by atoms with Crippen LogP contribution in [-0.2, 0) is 13.1 Å². The molecule has 0 unspecified atom stereocenters. The van der Waals surface area contributed by atoms with Crippen LogP contribution in [0.2, 0.25) is 5.02 Å². The summed E-state index contributed by atoms with van der Waals surface area (Å²) in [5.41, 5.74) is 1.03. The molecule has 0 atom stereocenters. The second kappa shape index (κ2) is 9.66. The number of benzene rings is 1. The summed E-state index contributed by atoms with van der Waals surface area (Å²) in [6.07, 6.45) is 2.58. The quantitative estimate of drug-likeness (QED) is 0.413. The van der Waals surface area contributed by atoms with E-state index in [1.54, 1.807) is 19.2 Å². The fourth-order valence-electron chi connectivity index (χ4n) is 1.83.